The number of halogens is 1. The fourth-order valence-electron chi connectivity index (χ4n) is 2.58. The monoisotopic (exact) mass is 388 g/mol. The van der Waals surface area contributed by atoms with Gasteiger partial charge in [0.25, 0.3) is 0 Å². The SMILES string of the molecule is CCn1c(SCC(=O)Nc2ccc(C(C)C)cc2F)nnc1-c1ccco1. The van der Waals surface area contributed by atoms with E-state index < -0.39 is 5.82 Å². The van der Waals surface area contributed by atoms with Crippen LogP contribution in [0.5, 0.6) is 0 Å². The second-order valence-electron chi connectivity index (χ2n) is 6.26. The van der Waals surface area contributed by atoms with Crippen LogP contribution < -0.4 is 5.32 Å². The first-order chi connectivity index (χ1) is 13.0. The number of benzene rings is 1. The van der Waals surface area contributed by atoms with E-state index in [1.165, 1.54) is 17.8 Å². The maximum Gasteiger partial charge on any atom is 0.234 e. The summed E-state index contributed by atoms with van der Waals surface area (Å²) in [5, 5.41) is 11.5. The van der Waals surface area contributed by atoms with E-state index >= 15 is 0 Å². The van der Waals surface area contributed by atoms with Crippen LogP contribution in [0.1, 0.15) is 32.3 Å². The maximum atomic E-state index is 14.2. The summed E-state index contributed by atoms with van der Waals surface area (Å²) in [6.45, 7) is 6.58. The zero-order valence-electron chi connectivity index (χ0n) is 15.4. The van der Waals surface area contributed by atoms with Crippen LogP contribution in [-0.4, -0.2) is 26.4 Å². The molecule has 0 saturated carbocycles. The van der Waals surface area contributed by atoms with Crippen molar-refractivity contribution in [2.45, 2.75) is 38.4 Å². The Morgan fingerprint density at radius 2 is 2.15 bits per heavy atom. The standard InChI is InChI=1S/C19H21FN4O2S/c1-4-24-18(16-6-5-9-26-16)22-23-19(24)27-11-17(25)21-15-8-7-13(12(2)3)10-14(15)20/h5-10,12H,4,11H2,1-3H3,(H,21,25). The van der Waals surface area contributed by atoms with E-state index in [-0.39, 0.29) is 23.3 Å². The molecule has 2 heterocycles. The van der Waals surface area contributed by atoms with Gasteiger partial charge >= 0.3 is 0 Å². The van der Waals surface area contributed by atoms with Crippen LogP contribution in [0.15, 0.2) is 46.2 Å². The number of nitrogens with zero attached hydrogens (tertiary/aromatic N) is 3. The number of nitrogens with one attached hydrogen (secondary N) is 1. The maximum absolute atomic E-state index is 14.2. The second kappa shape index (κ2) is 8.39. The molecule has 0 aliphatic heterocycles. The predicted molar refractivity (Wildman–Crippen MR) is 103 cm³/mol. The largest absolute Gasteiger partial charge is 0.461 e. The van der Waals surface area contributed by atoms with E-state index in [4.69, 9.17) is 4.42 Å². The quantitative estimate of drug-likeness (QED) is 0.601. The van der Waals surface area contributed by atoms with Gasteiger partial charge in [-0.1, -0.05) is 31.7 Å². The minimum atomic E-state index is -0.434. The fraction of sp³-hybridized carbons (Fsp3) is 0.316. The van der Waals surface area contributed by atoms with Crippen molar-refractivity contribution in [3.63, 3.8) is 0 Å². The van der Waals surface area contributed by atoms with Gasteiger partial charge in [-0.2, -0.15) is 0 Å². The van der Waals surface area contributed by atoms with E-state index in [1.54, 1.807) is 24.5 Å². The lowest BCUT2D eigenvalue weighted by Crippen LogP contribution is -2.15. The van der Waals surface area contributed by atoms with Gasteiger partial charge in [-0.25, -0.2) is 4.39 Å². The molecule has 142 valence electrons. The molecule has 0 atom stereocenters. The van der Waals surface area contributed by atoms with Crippen LogP contribution >= 0.6 is 11.8 Å². The van der Waals surface area contributed by atoms with Crippen molar-refractivity contribution in [3.8, 4) is 11.6 Å². The normalized spacial score (nSPS) is 11.1. The third-order valence-electron chi connectivity index (χ3n) is 4.04. The Bertz CT molecular complexity index is 922. The van der Waals surface area contributed by atoms with Crippen LogP contribution in [0, 0.1) is 5.82 Å². The van der Waals surface area contributed by atoms with E-state index in [1.807, 2.05) is 31.4 Å². The number of thioether (sulfide) groups is 1. The number of carbonyl (C=O) groups excluding carboxylic acids is 1. The lowest BCUT2D eigenvalue weighted by atomic mass is 10.0. The Morgan fingerprint density at radius 1 is 1.33 bits per heavy atom. The third-order valence-corrected chi connectivity index (χ3v) is 5.01. The first-order valence-corrected chi connectivity index (χ1v) is 9.67. The van der Waals surface area contributed by atoms with Crippen molar-refractivity contribution in [3.05, 3.63) is 48.0 Å². The van der Waals surface area contributed by atoms with Crippen LogP contribution in [0.2, 0.25) is 0 Å². The van der Waals surface area contributed by atoms with E-state index in [0.29, 0.717) is 23.3 Å². The molecular formula is C19H21FN4O2S. The molecule has 0 unspecified atom stereocenters. The van der Waals surface area contributed by atoms with Gasteiger partial charge in [0.2, 0.25) is 5.91 Å². The minimum absolute atomic E-state index is 0.0989. The molecule has 0 radical (unpaired) electrons. The van der Waals surface area contributed by atoms with E-state index in [0.717, 1.165) is 5.56 Å². The molecule has 0 saturated heterocycles. The second-order valence-corrected chi connectivity index (χ2v) is 7.20. The number of amides is 1. The van der Waals surface area contributed by atoms with Crippen molar-refractivity contribution < 1.29 is 13.6 Å². The minimum Gasteiger partial charge on any atom is -0.461 e. The van der Waals surface area contributed by atoms with Gasteiger partial charge < -0.3 is 9.73 Å². The Kier molecular flexibility index (Phi) is 5.95. The molecular weight excluding hydrogens is 367 g/mol. The highest BCUT2D eigenvalue weighted by atomic mass is 32.2. The number of rotatable bonds is 7. The molecule has 1 amide bonds. The summed E-state index contributed by atoms with van der Waals surface area (Å²) in [4.78, 5) is 12.2. The fourth-order valence-corrected chi connectivity index (χ4v) is 3.38. The zero-order valence-corrected chi connectivity index (χ0v) is 16.2. The first kappa shape index (κ1) is 19.2. The van der Waals surface area contributed by atoms with Crippen molar-refractivity contribution in [2.75, 3.05) is 11.1 Å². The van der Waals surface area contributed by atoms with Crippen molar-refractivity contribution in [1.82, 2.24) is 14.8 Å². The van der Waals surface area contributed by atoms with E-state index in [2.05, 4.69) is 15.5 Å². The van der Waals surface area contributed by atoms with Gasteiger partial charge in [0, 0.05) is 6.54 Å². The Balaban J connectivity index is 1.65. The van der Waals surface area contributed by atoms with Gasteiger partial charge in [0.05, 0.1) is 17.7 Å². The van der Waals surface area contributed by atoms with Gasteiger partial charge in [0.15, 0.2) is 16.7 Å². The lowest BCUT2D eigenvalue weighted by Gasteiger charge is -2.10. The molecule has 27 heavy (non-hydrogen) atoms. The molecule has 0 spiro atoms. The number of hydrogen-bond acceptors (Lipinski definition) is 5. The highest BCUT2D eigenvalue weighted by Gasteiger charge is 2.17. The topological polar surface area (TPSA) is 73.0 Å². The molecule has 1 N–H and O–H groups in total. The van der Waals surface area contributed by atoms with Gasteiger partial charge in [0.1, 0.15) is 5.82 Å². The van der Waals surface area contributed by atoms with Crippen LogP contribution in [0.4, 0.5) is 10.1 Å². The number of aromatic nitrogens is 3. The predicted octanol–water partition coefficient (Wildman–Crippen LogP) is 4.55. The average Bonchev–Trinajstić information content (AvgIpc) is 3.30. The Morgan fingerprint density at radius 3 is 2.78 bits per heavy atom. The summed E-state index contributed by atoms with van der Waals surface area (Å²) >= 11 is 1.24. The number of hydrogen-bond donors (Lipinski definition) is 1. The molecule has 0 aliphatic carbocycles. The summed E-state index contributed by atoms with van der Waals surface area (Å²) in [6, 6.07) is 8.46. The van der Waals surface area contributed by atoms with Crippen LogP contribution in [0.3, 0.4) is 0 Å². The molecule has 8 heteroatoms. The average molecular weight is 388 g/mol. The summed E-state index contributed by atoms with van der Waals surface area (Å²) < 4.78 is 21.4. The third kappa shape index (κ3) is 4.39. The molecule has 0 fully saturated rings. The summed E-state index contributed by atoms with van der Waals surface area (Å²) in [5.41, 5.74) is 1.07. The van der Waals surface area contributed by atoms with Crippen molar-refractivity contribution in [1.29, 1.82) is 0 Å². The lowest BCUT2D eigenvalue weighted by molar-refractivity contribution is -0.113. The summed E-state index contributed by atoms with van der Waals surface area (Å²) in [5.74, 6) is 0.816. The molecule has 2 aromatic heterocycles. The number of furan rings is 1. The Hall–Kier alpha value is -2.61. The molecule has 3 aromatic rings. The smallest absolute Gasteiger partial charge is 0.234 e. The molecule has 6 nitrogen and oxygen atoms in total. The summed E-state index contributed by atoms with van der Waals surface area (Å²) in [7, 11) is 0. The van der Waals surface area contributed by atoms with Crippen LogP contribution in [-0.2, 0) is 11.3 Å². The van der Waals surface area contributed by atoms with Crippen molar-refractivity contribution >= 4 is 23.4 Å². The first-order valence-electron chi connectivity index (χ1n) is 8.68. The molecule has 3 rings (SSSR count). The van der Waals surface area contributed by atoms with Crippen LogP contribution in [0.25, 0.3) is 11.6 Å². The van der Waals surface area contributed by atoms with Gasteiger partial charge in [-0.15, -0.1) is 10.2 Å². The van der Waals surface area contributed by atoms with Crippen molar-refractivity contribution in [2.24, 2.45) is 0 Å². The zero-order chi connectivity index (χ0) is 19.4. The highest BCUT2D eigenvalue weighted by Crippen LogP contribution is 2.25. The number of carbonyl (C=O) groups is 1. The molecule has 0 bridgehead atoms. The highest BCUT2D eigenvalue weighted by molar-refractivity contribution is 7.99. The van der Waals surface area contributed by atoms with E-state index in [9.17, 15) is 9.18 Å². The molecule has 1 aromatic carbocycles. The van der Waals surface area contributed by atoms with Gasteiger partial charge in [-0.05, 0) is 42.7 Å². The van der Waals surface area contributed by atoms with Gasteiger partial charge in [-0.3, -0.25) is 9.36 Å². The summed E-state index contributed by atoms with van der Waals surface area (Å²) in [6.07, 6.45) is 1.57. The number of anilines is 1. The molecule has 0 aliphatic rings. The Labute approximate surface area is 161 Å².